The van der Waals surface area contributed by atoms with E-state index in [0.717, 1.165) is 0 Å². The Morgan fingerprint density at radius 1 is 1.57 bits per heavy atom. The molecule has 0 unspecified atom stereocenters. The van der Waals surface area contributed by atoms with Gasteiger partial charge in [0.25, 0.3) is 5.69 Å². The van der Waals surface area contributed by atoms with Gasteiger partial charge in [-0.15, -0.1) is 0 Å². The maximum Gasteiger partial charge on any atom is 0.284 e. The lowest BCUT2D eigenvalue weighted by Gasteiger charge is -2.01. The standard InChI is InChI=1S/C8H5ClINO3/c1-4(12)5-2-7(10)8(11(13)14)3-6(5)9/h2-3H,1H3. The van der Waals surface area contributed by atoms with E-state index in [9.17, 15) is 14.9 Å². The molecule has 1 aromatic carbocycles. The number of halogens is 2. The van der Waals surface area contributed by atoms with Crippen LogP contribution < -0.4 is 0 Å². The Morgan fingerprint density at radius 2 is 2.14 bits per heavy atom. The summed E-state index contributed by atoms with van der Waals surface area (Å²) in [4.78, 5) is 21.0. The summed E-state index contributed by atoms with van der Waals surface area (Å²) in [5, 5.41) is 10.6. The van der Waals surface area contributed by atoms with Gasteiger partial charge in [0, 0.05) is 11.6 Å². The first-order chi connectivity index (χ1) is 6.43. The number of nitro groups is 1. The van der Waals surface area contributed by atoms with E-state index in [1.54, 1.807) is 22.6 Å². The normalized spacial score (nSPS) is 9.93. The Labute approximate surface area is 98.5 Å². The van der Waals surface area contributed by atoms with Crippen molar-refractivity contribution in [2.24, 2.45) is 0 Å². The highest BCUT2D eigenvalue weighted by Gasteiger charge is 2.17. The van der Waals surface area contributed by atoms with E-state index in [1.807, 2.05) is 0 Å². The minimum absolute atomic E-state index is 0.0828. The Kier molecular flexibility index (Phi) is 3.43. The number of hydrogen-bond acceptors (Lipinski definition) is 3. The van der Waals surface area contributed by atoms with E-state index in [0.29, 0.717) is 9.13 Å². The molecule has 1 rings (SSSR count). The number of benzene rings is 1. The van der Waals surface area contributed by atoms with Gasteiger partial charge in [-0.3, -0.25) is 14.9 Å². The van der Waals surface area contributed by atoms with E-state index in [4.69, 9.17) is 11.6 Å². The number of nitrogens with zero attached hydrogens (tertiary/aromatic N) is 1. The number of carbonyl (C=O) groups is 1. The van der Waals surface area contributed by atoms with Crippen molar-refractivity contribution in [2.75, 3.05) is 0 Å². The lowest BCUT2D eigenvalue weighted by Crippen LogP contribution is -1.98. The van der Waals surface area contributed by atoms with Crippen LogP contribution in [0.25, 0.3) is 0 Å². The van der Waals surface area contributed by atoms with Gasteiger partial charge in [-0.2, -0.15) is 0 Å². The molecule has 0 aromatic heterocycles. The highest BCUT2D eigenvalue weighted by atomic mass is 127. The molecule has 0 aliphatic rings. The predicted molar refractivity (Wildman–Crippen MR) is 60.8 cm³/mol. The molecule has 14 heavy (non-hydrogen) atoms. The Hall–Kier alpha value is -0.690. The molecule has 0 radical (unpaired) electrons. The molecule has 0 amide bonds. The summed E-state index contributed by atoms with van der Waals surface area (Å²) in [6.45, 7) is 1.36. The van der Waals surface area contributed by atoms with Gasteiger partial charge in [0.2, 0.25) is 0 Å². The van der Waals surface area contributed by atoms with Gasteiger partial charge >= 0.3 is 0 Å². The van der Waals surface area contributed by atoms with Crippen molar-refractivity contribution in [3.63, 3.8) is 0 Å². The van der Waals surface area contributed by atoms with Crippen LogP contribution in [0, 0.1) is 13.7 Å². The van der Waals surface area contributed by atoms with Crippen LogP contribution in [0.4, 0.5) is 5.69 Å². The van der Waals surface area contributed by atoms with Crippen LogP contribution in [0.3, 0.4) is 0 Å². The molecule has 0 aliphatic heterocycles. The first kappa shape index (κ1) is 11.4. The van der Waals surface area contributed by atoms with E-state index < -0.39 is 4.92 Å². The number of rotatable bonds is 2. The molecule has 74 valence electrons. The van der Waals surface area contributed by atoms with Gasteiger partial charge in [0.05, 0.1) is 13.5 Å². The summed E-state index contributed by atoms with van der Waals surface area (Å²) in [7, 11) is 0. The van der Waals surface area contributed by atoms with Crippen LogP contribution in [0.2, 0.25) is 5.02 Å². The molecule has 0 N–H and O–H groups in total. The van der Waals surface area contributed by atoms with Gasteiger partial charge in [-0.1, -0.05) is 11.6 Å². The van der Waals surface area contributed by atoms with Crippen molar-refractivity contribution in [1.82, 2.24) is 0 Å². The summed E-state index contributed by atoms with van der Waals surface area (Å²) in [6, 6.07) is 2.61. The van der Waals surface area contributed by atoms with E-state index in [-0.39, 0.29) is 16.5 Å². The number of nitro benzene ring substituents is 1. The van der Waals surface area contributed by atoms with E-state index in [1.165, 1.54) is 19.1 Å². The molecule has 0 aliphatic carbocycles. The largest absolute Gasteiger partial charge is 0.294 e. The lowest BCUT2D eigenvalue weighted by molar-refractivity contribution is -0.385. The SMILES string of the molecule is CC(=O)c1cc(I)c([N+](=O)[O-])cc1Cl. The Morgan fingerprint density at radius 3 is 2.57 bits per heavy atom. The van der Waals surface area contributed by atoms with E-state index >= 15 is 0 Å². The minimum atomic E-state index is -0.530. The maximum absolute atomic E-state index is 11.0. The fourth-order valence-electron chi connectivity index (χ4n) is 0.946. The molecular formula is C8H5ClINO3. The molecule has 0 saturated carbocycles. The average molecular weight is 325 g/mol. The molecule has 0 fully saturated rings. The molecule has 0 saturated heterocycles. The lowest BCUT2D eigenvalue weighted by atomic mass is 10.1. The summed E-state index contributed by atoms with van der Waals surface area (Å²) >= 11 is 7.51. The molecule has 4 nitrogen and oxygen atoms in total. The zero-order valence-corrected chi connectivity index (χ0v) is 10.00. The highest BCUT2D eigenvalue weighted by molar-refractivity contribution is 14.1. The van der Waals surface area contributed by atoms with Crippen molar-refractivity contribution < 1.29 is 9.72 Å². The van der Waals surface area contributed by atoms with Gasteiger partial charge in [0.1, 0.15) is 0 Å². The van der Waals surface area contributed by atoms with E-state index in [2.05, 4.69) is 0 Å². The van der Waals surface area contributed by atoms with Crippen molar-refractivity contribution >= 4 is 45.7 Å². The monoisotopic (exact) mass is 325 g/mol. The Balaban J connectivity index is 3.38. The van der Waals surface area contributed by atoms with Crippen molar-refractivity contribution in [3.05, 3.63) is 36.4 Å². The van der Waals surface area contributed by atoms with Gasteiger partial charge in [-0.25, -0.2) is 0 Å². The second-order valence-corrected chi connectivity index (χ2v) is 4.17. The smallest absolute Gasteiger partial charge is 0.284 e. The fraction of sp³-hybridized carbons (Fsp3) is 0.125. The molecular weight excluding hydrogens is 320 g/mol. The zero-order chi connectivity index (χ0) is 10.9. The van der Waals surface area contributed by atoms with Crippen LogP contribution in [-0.2, 0) is 0 Å². The fourth-order valence-corrected chi connectivity index (χ4v) is 1.90. The summed E-state index contributed by atoms with van der Waals surface area (Å²) in [5.41, 5.74) is 0.224. The van der Waals surface area contributed by atoms with Crippen LogP contribution in [0.5, 0.6) is 0 Å². The summed E-state index contributed by atoms with van der Waals surface area (Å²) in [5.74, 6) is -0.206. The average Bonchev–Trinajstić information content (AvgIpc) is 2.07. The Bertz CT molecular complexity index is 380. The molecule has 0 spiro atoms. The second kappa shape index (κ2) is 4.22. The molecule has 6 heteroatoms. The first-order valence-electron chi connectivity index (χ1n) is 3.58. The molecule has 0 atom stereocenters. The number of ketones is 1. The van der Waals surface area contributed by atoms with Crippen LogP contribution in [-0.4, -0.2) is 10.7 Å². The van der Waals surface area contributed by atoms with Crippen molar-refractivity contribution in [2.45, 2.75) is 6.92 Å². The third-order valence-corrected chi connectivity index (χ3v) is 2.79. The second-order valence-electron chi connectivity index (χ2n) is 2.60. The topological polar surface area (TPSA) is 60.2 Å². The molecule has 1 aromatic rings. The third kappa shape index (κ3) is 2.21. The van der Waals surface area contributed by atoms with Crippen molar-refractivity contribution in [3.8, 4) is 0 Å². The number of carbonyl (C=O) groups excluding carboxylic acids is 1. The predicted octanol–water partition coefficient (Wildman–Crippen LogP) is 3.06. The van der Waals surface area contributed by atoms with Gasteiger partial charge in [0.15, 0.2) is 5.78 Å². The zero-order valence-electron chi connectivity index (χ0n) is 7.08. The first-order valence-corrected chi connectivity index (χ1v) is 5.03. The van der Waals surface area contributed by atoms with Crippen LogP contribution >= 0.6 is 34.2 Å². The molecule has 0 bridgehead atoms. The van der Waals surface area contributed by atoms with Crippen LogP contribution in [0.15, 0.2) is 12.1 Å². The number of hydrogen-bond donors (Lipinski definition) is 0. The van der Waals surface area contributed by atoms with Gasteiger partial charge < -0.3 is 0 Å². The number of Topliss-reactive ketones (excluding diaryl/α,β-unsaturated/α-hetero) is 1. The van der Waals surface area contributed by atoms with Crippen LogP contribution in [0.1, 0.15) is 17.3 Å². The summed E-state index contributed by atoms with van der Waals surface area (Å²) in [6.07, 6.45) is 0. The quantitative estimate of drug-likeness (QED) is 0.363. The summed E-state index contributed by atoms with van der Waals surface area (Å²) < 4.78 is 0.405. The third-order valence-electron chi connectivity index (χ3n) is 1.61. The van der Waals surface area contributed by atoms with Gasteiger partial charge in [-0.05, 0) is 35.6 Å². The van der Waals surface area contributed by atoms with Crippen molar-refractivity contribution in [1.29, 1.82) is 0 Å². The minimum Gasteiger partial charge on any atom is -0.294 e. The highest BCUT2D eigenvalue weighted by Crippen LogP contribution is 2.28. The maximum atomic E-state index is 11.0. The molecule has 0 heterocycles.